The average Bonchev–Trinajstić information content (AvgIpc) is 3.03. The Balaban J connectivity index is 1.74. The first-order chi connectivity index (χ1) is 12.9. The lowest BCUT2D eigenvalue weighted by atomic mass is 9.98. The third-order valence-electron chi connectivity index (χ3n) is 5.27. The number of aryl methyl sites for hydroxylation is 2. The Morgan fingerprint density at radius 3 is 2.11 bits per heavy atom. The largest absolute Gasteiger partial charge is 0.243 e. The van der Waals surface area contributed by atoms with Crippen LogP contribution in [0.5, 0.6) is 0 Å². The maximum absolute atomic E-state index is 13.4. The fraction of sp³-hybridized carbons (Fsp3) is 0.217. The van der Waals surface area contributed by atoms with Crippen LogP contribution in [0.3, 0.4) is 0 Å². The van der Waals surface area contributed by atoms with Crippen molar-refractivity contribution in [2.24, 2.45) is 0 Å². The molecule has 1 atom stereocenters. The van der Waals surface area contributed by atoms with Crippen LogP contribution < -0.4 is 0 Å². The van der Waals surface area contributed by atoms with E-state index in [0.717, 1.165) is 22.3 Å². The Kier molecular flexibility index (Phi) is 4.62. The van der Waals surface area contributed by atoms with E-state index in [0.29, 0.717) is 17.9 Å². The molecule has 0 saturated heterocycles. The molecular weight excluding hydrogens is 354 g/mol. The molecule has 1 aliphatic rings. The van der Waals surface area contributed by atoms with E-state index in [1.54, 1.807) is 16.4 Å². The van der Waals surface area contributed by atoms with Crippen LogP contribution in [0.4, 0.5) is 0 Å². The van der Waals surface area contributed by atoms with Crippen molar-refractivity contribution in [3.63, 3.8) is 0 Å². The maximum atomic E-state index is 13.4. The molecule has 0 N–H and O–H groups in total. The van der Waals surface area contributed by atoms with Crippen molar-refractivity contribution in [2.45, 2.75) is 37.8 Å². The number of hydrogen-bond donors (Lipinski definition) is 0. The van der Waals surface area contributed by atoms with E-state index >= 15 is 0 Å². The first-order valence-electron chi connectivity index (χ1n) is 9.17. The van der Waals surface area contributed by atoms with E-state index in [1.807, 2.05) is 37.3 Å². The predicted octanol–water partition coefficient (Wildman–Crippen LogP) is 4.79. The molecule has 0 aliphatic carbocycles. The Labute approximate surface area is 161 Å². The van der Waals surface area contributed by atoms with Crippen LogP contribution in [-0.2, 0) is 23.0 Å². The lowest BCUT2D eigenvalue weighted by Crippen LogP contribution is -2.31. The zero-order valence-electron chi connectivity index (χ0n) is 15.6. The number of hydrogen-bond acceptors (Lipinski definition) is 2. The van der Waals surface area contributed by atoms with Crippen molar-refractivity contribution < 1.29 is 8.42 Å². The summed E-state index contributed by atoms with van der Waals surface area (Å²) in [7, 11) is -3.57. The molecular formula is C23H23NO2S. The maximum Gasteiger partial charge on any atom is 0.243 e. The zero-order valence-corrected chi connectivity index (χ0v) is 16.4. The Morgan fingerprint density at radius 2 is 1.44 bits per heavy atom. The number of benzene rings is 3. The van der Waals surface area contributed by atoms with Gasteiger partial charge in [-0.05, 0) is 49.1 Å². The van der Waals surface area contributed by atoms with Gasteiger partial charge in [-0.15, -0.1) is 0 Å². The molecule has 27 heavy (non-hydrogen) atoms. The summed E-state index contributed by atoms with van der Waals surface area (Å²) in [5.41, 5.74) is 5.59. The van der Waals surface area contributed by atoms with Crippen molar-refractivity contribution in [3.8, 4) is 0 Å². The highest BCUT2D eigenvalue weighted by molar-refractivity contribution is 7.89. The van der Waals surface area contributed by atoms with Crippen molar-refractivity contribution in [1.82, 2.24) is 4.31 Å². The average molecular weight is 378 g/mol. The quantitative estimate of drug-likeness (QED) is 0.655. The summed E-state index contributed by atoms with van der Waals surface area (Å²) in [4.78, 5) is 0.356. The number of nitrogens with zero attached hydrogens (tertiary/aromatic N) is 1. The third kappa shape index (κ3) is 3.43. The molecule has 0 aromatic heterocycles. The van der Waals surface area contributed by atoms with Gasteiger partial charge < -0.3 is 0 Å². The highest BCUT2D eigenvalue weighted by Crippen LogP contribution is 2.39. The molecule has 0 radical (unpaired) electrons. The van der Waals surface area contributed by atoms with Crippen LogP contribution >= 0.6 is 0 Å². The molecule has 0 saturated carbocycles. The number of fused-ring (bicyclic) bond motifs is 1. The molecule has 4 heteroatoms. The van der Waals surface area contributed by atoms with Gasteiger partial charge in [-0.2, -0.15) is 4.31 Å². The van der Waals surface area contributed by atoms with Gasteiger partial charge in [0.2, 0.25) is 10.0 Å². The normalized spacial score (nSPS) is 17.0. The standard InChI is InChI=1S/C23H23NO2S/c1-17-7-11-19(12-8-17)15-23-22-6-4-3-5-20(22)16-24(23)27(25,26)21-13-9-18(2)10-14-21/h3-14,23H,15-16H2,1-2H3. The highest BCUT2D eigenvalue weighted by atomic mass is 32.2. The molecule has 138 valence electrons. The van der Waals surface area contributed by atoms with E-state index in [4.69, 9.17) is 0 Å². The van der Waals surface area contributed by atoms with Gasteiger partial charge in [-0.1, -0.05) is 71.8 Å². The summed E-state index contributed by atoms with van der Waals surface area (Å²) in [6.07, 6.45) is 0.669. The van der Waals surface area contributed by atoms with Gasteiger partial charge in [0.15, 0.2) is 0 Å². The molecule has 3 aromatic rings. The highest BCUT2D eigenvalue weighted by Gasteiger charge is 2.38. The fourth-order valence-corrected chi connectivity index (χ4v) is 5.28. The van der Waals surface area contributed by atoms with E-state index in [9.17, 15) is 8.42 Å². The SMILES string of the molecule is Cc1ccc(CC2c3ccccc3CN2S(=O)(=O)c2ccc(C)cc2)cc1. The van der Waals surface area contributed by atoms with Crippen LogP contribution in [0.15, 0.2) is 77.7 Å². The minimum absolute atomic E-state index is 0.185. The second kappa shape index (κ2) is 6.95. The fourth-order valence-electron chi connectivity index (χ4n) is 3.69. The smallest absolute Gasteiger partial charge is 0.207 e. The van der Waals surface area contributed by atoms with E-state index in [-0.39, 0.29) is 6.04 Å². The number of rotatable bonds is 4. The second-order valence-corrected chi connectivity index (χ2v) is 9.16. The summed E-state index contributed by atoms with van der Waals surface area (Å²) in [6.45, 7) is 4.44. The van der Waals surface area contributed by atoms with Crippen LogP contribution in [0, 0.1) is 13.8 Å². The summed E-state index contributed by atoms with van der Waals surface area (Å²) in [5, 5.41) is 0. The summed E-state index contributed by atoms with van der Waals surface area (Å²) in [5.74, 6) is 0. The monoisotopic (exact) mass is 377 g/mol. The van der Waals surface area contributed by atoms with Gasteiger partial charge in [0.25, 0.3) is 0 Å². The summed E-state index contributed by atoms with van der Waals surface area (Å²) < 4.78 is 28.4. The van der Waals surface area contributed by atoms with Gasteiger partial charge in [0.1, 0.15) is 0 Å². The second-order valence-electron chi connectivity index (χ2n) is 7.27. The van der Waals surface area contributed by atoms with Crippen LogP contribution in [-0.4, -0.2) is 12.7 Å². The van der Waals surface area contributed by atoms with Crippen LogP contribution in [0.1, 0.15) is 33.9 Å². The van der Waals surface area contributed by atoms with Crippen molar-refractivity contribution >= 4 is 10.0 Å². The van der Waals surface area contributed by atoms with Crippen molar-refractivity contribution in [2.75, 3.05) is 0 Å². The van der Waals surface area contributed by atoms with Gasteiger partial charge >= 0.3 is 0 Å². The lowest BCUT2D eigenvalue weighted by Gasteiger charge is -2.25. The predicted molar refractivity (Wildman–Crippen MR) is 108 cm³/mol. The topological polar surface area (TPSA) is 37.4 Å². The first kappa shape index (κ1) is 18.0. The van der Waals surface area contributed by atoms with Crippen LogP contribution in [0.2, 0.25) is 0 Å². The van der Waals surface area contributed by atoms with E-state index < -0.39 is 10.0 Å². The number of sulfonamides is 1. The molecule has 0 spiro atoms. The molecule has 0 fully saturated rings. The molecule has 3 aromatic carbocycles. The summed E-state index contributed by atoms with van der Waals surface area (Å²) >= 11 is 0. The first-order valence-corrected chi connectivity index (χ1v) is 10.6. The lowest BCUT2D eigenvalue weighted by molar-refractivity contribution is 0.348. The third-order valence-corrected chi connectivity index (χ3v) is 7.13. The molecule has 3 nitrogen and oxygen atoms in total. The molecule has 1 heterocycles. The molecule has 4 rings (SSSR count). The van der Waals surface area contributed by atoms with E-state index in [1.165, 1.54) is 5.56 Å². The van der Waals surface area contributed by atoms with Crippen molar-refractivity contribution in [1.29, 1.82) is 0 Å². The zero-order chi connectivity index (χ0) is 19.0. The van der Waals surface area contributed by atoms with Gasteiger partial charge in [0.05, 0.1) is 10.9 Å². The molecule has 0 bridgehead atoms. The van der Waals surface area contributed by atoms with E-state index in [2.05, 4.69) is 37.3 Å². The Morgan fingerprint density at radius 1 is 0.852 bits per heavy atom. The van der Waals surface area contributed by atoms with Gasteiger partial charge in [0, 0.05) is 6.54 Å². The molecule has 1 aliphatic heterocycles. The van der Waals surface area contributed by atoms with Gasteiger partial charge in [-0.25, -0.2) is 8.42 Å². The van der Waals surface area contributed by atoms with Crippen LogP contribution in [0.25, 0.3) is 0 Å². The Bertz CT molecular complexity index is 1050. The summed E-state index contributed by atoms with van der Waals surface area (Å²) in [6, 6.07) is 23.3. The Hall–Kier alpha value is -2.43. The minimum atomic E-state index is -3.57. The van der Waals surface area contributed by atoms with Crippen molar-refractivity contribution in [3.05, 3.63) is 101 Å². The molecule has 1 unspecified atom stereocenters. The van der Waals surface area contributed by atoms with Gasteiger partial charge in [-0.3, -0.25) is 0 Å². The molecule has 0 amide bonds. The minimum Gasteiger partial charge on any atom is -0.207 e.